The van der Waals surface area contributed by atoms with E-state index in [0.717, 1.165) is 21.5 Å². The zero-order valence-electron chi connectivity index (χ0n) is 16.7. The maximum absolute atomic E-state index is 12.8. The molecule has 0 saturated heterocycles. The van der Waals surface area contributed by atoms with E-state index in [2.05, 4.69) is 22.1 Å². The molecule has 0 fully saturated rings. The van der Waals surface area contributed by atoms with E-state index < -0.39 is 18.6 Å². The maximum Gasteiger partial charge on any atom is 0.406 e. The normalized spacial score (nSPS) is 11.1. The number of imidazole rings is 1. The number of thioether (sulfide) groups is 1. The summed E-state index contributed by atoms with van der Waals surface area (Å²) in [6.07, 6.45) is -1.43. The van der Waals surface area contributed by atoms with E-state index in [4.69, 9.17) is 10.5 Å². The van der Waals surface area contributed by atoms with Crippen LogP contribution in [0.1, 0.15) is 15.9 Å². The molecule has 0 atom stereocenters. The summed E-state index contributed by atoms with van der Waals surface area (Å²) in [6, 6.07) is 8.60. The average Bonchev–Trinajstić information content (AvgIpc) is 3.11. The highest BCUT2D eigenvalue weighted by atomic mass is 32.2. The van der Waals surface area contributed by atoms with Crippen LogP contribution >= 0.6 is 11.8 Å². The van der Waals surface area contributed by atoms with Gasteiger partial charge in [-0.3, -0.25) is 4.79 Å². The Balaban J connectivity index is 1.86. The highest BCUT2D eigenvalue weighted by Crippen LogP contribution is 2.29. The summed E-state index contributed by atoms with van der Waals surface area (Å²) in [4.78, 5) is 16.7. The topological polar surface area (TPSA) is 82.2 Å². The molecule has 31 heavy (non-hydrogen) atoms. The summed E-state index contributed by atoms with van der Waals surface area (Å²) < 4.78 is 44.8. The van der Waals surface area contributed by atoms with Crippen molar-refractivity contribution in [3.05, 3.63) is 47.8 Å². The SMILES string of the molecule is COc1cc(SC)ccc1NCC#Cc1cc(C(N)=O)c2ncn(CC(F)(F)F)c2c1. The van der Waals surface area contributed by atoms with E-state index in [1.807, 2.05) is 24.5 Å². The van der Waals surface area contributed by atoms with Crippen LogP contribution in [0.5, 0.6) is 5.75 Å². The Bertz CT molecular complexity index is 1180. The van der Waals surface area contributed by atoms with Crippen LogP contribution in [-0.2, 0) is 6.54 Å². The van der Waals surface area contributed by atoms with Crippen molar-refractivity contribution < 1.29 is 22.7 Å². The van der Waals surface area contributed by atoms with Crippen molar-refractivity contribution in [1.82, 2.24) is 9.55 Å². The van der Waals surface area contributed by atoms with Crippen LogP contribution in [-0.4, -0.2) is 41.5 Å². The van der Waals surface area contributed by atoms with Gasteiger partial charge >= 0.3 is 6.18 Å². The van der Waals surface area contributed by atoms with Crippen molar-refractivity contribution in [2.75, 3.05) is 25.2 Å². The van der Waals surface area contributed by atoms with Gasteiger partial charge in [-0.1, -0.05) is 11.8 Å². The second-order valence-corrected chi connectivity index (χ2v) is 7.34. The number of halogens is 3. The second-order valence-electron chi connectivity index (χ2n) is 6.46. The number of carbonyl (C=O) groups is 1. The summed E-state index contributed by atoms with van der Waals surface area (Å²) in [7, 11) is 1.57. The number of amides is 1. The number of nitrogens with two attached hydrogens (primary N) is 1. The van der Waals surface area contributed by atoms with E-state index in [9.17, 15) is 18.0 Å². The van der Waals surface area contributed by atoms with Crippen molar-refractivity contribution >= 4 is 34.4 Å². The van der Waals surface area contributed by atoms with Crippen molar-refractivity contribution in [2.24, 2.45) is 5.73 Å². The number of fused-ring (bicyclic) bond motifs is 1. The number of ether oxygens (including phenoxy) is 1. The largest absolute Gasteiger partial charge is 0.495 e. The third-order valence-electron chi connectivity index (χ3n) is 4.35. The van der Waals surface area contributed by atoms with Crippen molar-refractivity contribution in [3.63, 3.8) is 0 Å². The molecule has 2 aromatic carbocycles. The van der Waals surface area contributed by atoms with Crippen LogP contribution in [0.4, 0.5) is 18.9 Å². The zero-order chi connectivity index (χ0) is 22.6. The lowest BCUT2D eigenvalue weighted by atomic mass is 10.1. The number of nitrogens with one attached hydrogen (secondary N) is 1. The lowest BCUT2D eigenvalue weighted by molar-refractivity contribution is -0.139. The summed E-state index contributed by atoms with van der Waals surface area (Å²) in [6.45, 7) is -0.979. The number of alkyl halides is 3. The van der Waals surface area contributed by atoms with Gasteiger partial charge in [0.15, 0.2) is 0 Å². The van der Waals surface area contributed by atoms with Gasteiger partial charge in [-0.15, -0.1) is 11.8 Å². The highest BCUT2D eigenvalue weighted by molar-refractivity contribution is 7.98. The summed E-state index contributed by atoms with van der Waals surface area (Å²) in [5.41, 5.74) is 6.77. The monoisotopic (exact) mass is 448 g/mol. The van der Waals surface area contributed by atoms with Crippen LogP contribution < -0.4 is 15.8 Å². The number of benzene rings is 2. The first-order valence-electron chi connectivity index (χ1n) is 9.02. The Kier molecular flexibility index (Phi) is 6.65. The standard InChI is InChI=1S/C21H19F3N4O2S/c1-30-18-10-14(31-2)5-6-16(18)26-7-3-4-13-8-15(20(25)29)19-17(9-13)28(12-27-19)11-21(22,23)24/h5-6,8-10,12,26H,7,11H2,1-2H3,(H2,25,29). The third-order valence-corrected chi connectivity index (χ3v) is 5.07. The predicted octanol–water partition coefficient (Wildman–Crippen LogP) is 3.89. The Morgan fingerprint density at radius 1 is 1.32 bits per heavy atom. The molecule has 0 radical (unpaired) electrons. The molecule has 0 aliphatic carbocycles. The molecule has 0 unspecified atom stereocenters. The Hall–Kier alpha value is -3.32. The molecule has 0 aliphatic rings. The highest BCUT2D eigenvalue weighted by Gasteiger charge is 2.29. The van der Waals surface area contributed by atoms with Crippen LogP contribution in [0.25, 0.3) is 11.0 Å². The average molecular weight is 448 g/mol. The fraction of sp³-hybridized carbons (Fsp3) is 0.238. The van der Waals surface area contributed by atoms with Gasteiger partial charge in [0.25, 0.3) is 5.91 Å². The Morgan fingerprint density at radius 2 is 2.10 bits per heavy atom. The van der Waals surface area contributed by atoms with Gasteiger partial charge in [-0.25, -0.2) is 4.98 Å². The summed E-state index contributed by atoms with van der Waals surface area (Å²) in [5.74, 6) is 5.63. The van der Waals surface area contributed by atoms with Crippen LogP contribution in [0, 0.1) is 11.8 Å². The quantitative estimate of drug-likeness (QED) is 0.442. The second kappa shape index (κ2) is 9.22. The number of hydrogen-bond donors (Lipinski definition) is 2. The van der Waals surface area contributed by atoms with Gasteiger partial charge in [0.2, 0.25) is 0 Å². The van der Waals surface area contributed by atoms with Gasteiger partial charge in [-0.05, 0) is 36.6 Å². The van der Waals surface area contributed by atoms with Gasteiger partial charge in [0, 0.05) is 10.5 Å². The Labute approximate surface area is 181 Å². The molecule has 0 spiro atoms. The smallest absolute Gasteiger partial charge is 0.406 e. The first kappa shape index (κ1) is 22.4. The summed E-state index contributed by atoms with van der Waals surface area (Å²) >= 11 is 1.59. The molecule has 0 aliphatic heterocycles. The molecule has 162 valence electrons. The number of primary amides is 1. The van der Waals surface area contributed by atoms with E-state index in [-0.39, 0.29) is 23.1 Å². The molecule has 1 heterocycles. The molecule has 10 heteroatoms. The van der Waals surface area contributed by atoms with Gasteiger partial charge in [0.05, 0.1) is 36.7 Å². The lowest BCUT2D eigenvalue weighted by Gasteiger charge is -2.10. The zero-order valence-corrected chi connectivity index (χ0v) is 17.5. The van der Waals surface area contributed by atoms with Gasteiger partial charge < -0.3 is 20.4 Å². The van der Waals surface area contributed by atoms with E-state index in [1.54, 1.807) is 18.9 Å². The molecule has 1 amide bonds. The van der Waals surface area contributed by atoms with Crippen molar-refractivity contribution in [3.8, 4) is 17.6 Å². The number of rotatable bonds is 6. The van der Waals surface area contributed by atoms with Crippen molar-refractivity contribution in [1.29, 1.82) is 0 Å². The fourth-order valence-corrected chi connectivity index (χ4v) is 3.40. The van der Waals surface area contributed by atoms with Gasteiger partial charge in [-0.2, -0.15) is 13.2 Å². The lowest BCUT2D eigenvalue weighted by Crippen LogP contribution is -2.17. The van der Waals surface area contributed by atoms with Crippen LogP contribution in [0.3, 0.4) is 0 Å². The molecule has 3 aromatic rings. The molecule has 6 nitrogen and oxygen atoms in total. The number of nitrogens with zero attached hydrogens (tertiary/aromatic N) is 2. The number of hydrogen-bond acceptors (Lipinski definition) is 5. The van der Waals surface area contributed by atoms with Crippen molar-refractivity contribution in [2.45, 2.75) is 17.6 Å². The summed E-state index contributed by atoms with van der Waals surface area (Å²) in [5, 5.41) is 3.13. The molecular formula is C21H19F3N4O2S. The first-order valence-corrected chi connectivity index (χ1v) is 10.2. The Morgan fingerprint density at radius 3 is 2.74 bits per heavy atom. The van der Waals surface area contributed by atoms with E-state index >= 15 is 0 Å². The minimum absolute atomic E-state index is 0.0185. The molecule has 3 N–H and O–H groups in total. The predicted molar refractivity (Wildman–Crippen MR) is 114 cm³/mol. The van der Waals surface area contributed by atoms with E-state index in [0.29, 0.717) is 11.3 Å². The molecular weight excluding hydrogens is 429 g/mol. The minimum atomic E-state index is -4.43. The number of methoxy groups -OCH3 is 1. The van der Waals surface area contributed by atoms with E-state index in [1.165, 1.54) is 12.1 Å². The van der Waals surface area contributed by atoms with Crippen LogP contribution in [0.15, 0.2) is 41.6 Å². The van der Waals surface area contributed by atoms with Gasteiger partial charge in [0.1, 0.15) is 17.8 Å². The third kappa shape index (κ3) is 5.44. The number of aromatic nitrogens is 2. The number of anilines is 1. The fourth-order valence-electron chi connectivity index (χ4n) is 2.97. The molecule has 3 rings (SSSR count). The molecule has 0 bridgehead atoms. The maximum atomic E-state index is 12.8. The van der Waals surface area contributed by atoms with Crippen LogP contribution in [0.2, 0.25) is 0 Å². The molecule has 1 aromatic heterocycles. The molecule has 0 saturated carbocycles. The minimum Gasteiger partial charge on any atom is -0.495 e. The first-order chi connectivity index (χ1) is 14.7. The number of carbonyl (C=O) groups excluding carboxylic acids is 1.